The predicted molar refractivity (Wildman–Crippen MR) is 118 cm³/mol. The second-order valence-electron chi connectivity index (χ2n) is 6.71. The van der Waals surface area contributed by atoms with Crippen molar-refractivity contribution in [3.8, 4) is 5.75 Å². The van der Waals surface area contributed by atoms with E-state index in [0.717, 1.165) is 16.8 Å². The van der Waals surface area contributed by atoms with Gasteiger partial charge < -0.3 is 10.1 Å². The molecule has 1 saturated heterocycles. The Balaban J connectivity index is 1.74. The van der Waals surface area contributed by atoms with Gasteiger partial charge in [0.15, 0.2) is 5.17 Å². The maximum atomic E-state index is 12.6. The number of carbonyl (C=O) groups excluding carboxylic acids is 2. The van der Waals surface area contributed by atoms with Crippen LogP contribution in [-0.4, -0.2) is 41.3 Å². The third-order valence-corrected chi connectivity index (χ3v) is 6.21. The highest BCUT2D eigenvalue weighted by Crippen LogP contribution is 2.35. The molecule has 1 heterocycles. The smallest absolute Gasteiger partial charge is 0.242 e. The second kappa shape index (κ2) is 8.88. The minimum Gasteiger partial charge on any atom is -0.494 e. The number of hydrogen-bond donors (Lipinski definition) is 1. The Morgan fingerprint density at radius 2 is 2.07 bits per heavy atom. The monoisotopic (exact) mass is 431 g/mol. The van der Waals surface area contributed by atoms with Gasteiger partial charge in [0, 0.05) is 24.2 Å². The second-order valence-corrected chi connectivity index (χ2v) is 8.32. The fourth-order valence-corrected chi connectivity index (χ4v) is 4.22. The Hall–Kier alpha value is -2.51. The number of methoxy groups -OCH3 is 1. The van der Waals surface area contributed by atoms with Gasteiger partial charge in [-0.1, -0.05) is 35.5 Å². The highest BCUT2D eigenvalue weighted by molar-refractivity contribution is 8.15. The van der Waals surface area contributed by atoms with Gasteiger partial charge in [0.05, 0.1) is 7.11 Å². The van der Waals surface area contributed by atoms with Crippen LogP contribution in [0.15, 0.2) is 41.4 Å². The summed E-state index contributed by atoms with van der Waals surface area (Å²) in [4.78, 5) is 31.1. The summed E-state index contributed by atoms with van der Waals surface area (Å²) < 4.78 is 5.31. The zero-order chi connectivity index (χ0) is 21.1. The number of amidine groups is 1. The number of anilines is 1. The fourth-order valence-electron chi connectivity index (χ4n) is 2.91. The van der Waals surface area contributed by atoms with Crippen molar-refractivity contribution in [3.05, 3.63) is 52.5 Å². The maximum Gasteiger partial charge on any atom is 0.242 e. The van der Waals surface area contributed by atoms with Crippen LogP contribution in [0.1, 0.15) is 17.5 Å². The molecule has 6 nitrogen and oxygen atoms in total. The van der Waals surface area contributed by atoms with E-state index in [1.54, 1.807) is 32.4 Å². The van der Waals surface area contributed by atoms with Gasteiger partial charge >= 0.3 is 0 Å². The third-order valence-electron chi connectivity index (χ3n) is 4.75. The minimum atomic E-state index is -0.533. The van der Waals surface area contributed by atoms with Crippen LogP contribution in [0.5, 0.6) is 5.75 Å². The highest BCUT2D eigenvalue weighted by atomic mass is 35.5. The normalized spacial score (nSPS) is 17.7. The van der Waals surface area contributed by atoms with E-state index in [1.165, 1.54) is 16.7 Å². The molecule has 1 N–H and O–H groups in total. The summed E-state index contributed by atoms with van der Waals surface area (Å²) in [6.07, 6.45) is 0.0624. The molecule has 0 aliphatic carbocycles. The van der Waals surface area contributed by atoms with Crippen molar-refractivity contribution in [2.24, 2.45) is 4.99 Å². The number of nitrogens with zero attached hydrogens (tertiary/aromatic N) is 2. The SMILES string of the molecule is COc1ccc(Cl)cc1N=C1S[C@@H](CC(=O)Nc2cccc(C)c2C)C(=O)N1C. The van der Waals surface area contributed by atoms with E-state index >= 15 is 0 Å². The first-order valence-electron chi connectivity index (χ1n) is 9.02. The lowest BCUT2D eigenvalue weighted by atomic mass is 10.1. The minimum absolute atomic E-state index is 0.0624. The first-order chi connectivity index (χ1) is 13.8. The molecule has 3 rings (SSSR count). The Labute approximate surface area is 179 Å². The Kier molecular flexibility index (Phi) is 6.49. The number of benzene rings is 2. The zero-order valence-electron chi connectivity index (χ0n) is 16.7. The van der Waals surface area contributed by atoms with E-state index in [4.69, 9.17) is 16.3 Å². The van der Waals surface area contributed by atoms with Crippen molar-refractivity contribution in [2.75, 3.05) is 19.5 Å². The van der Waals surface area contributed by atoms with Crippen LogP contribution in [0.3, 0.4) is 0 Å². The van der Waals surface area contributed by atoms with Gasteiger partial charge in [0.2, 0.25) is 11.8 Å². The van der Waals surface area contributed by atoms with Crippen LogP contribution in [0.4, 0.5) is 11.4 Å². The number of nitrogens with one attached hydrogen (secondary N) is 1. The van der Waals surface area contributed by atoms with E-state index < -0.39 is 5.25 Å². The fraction of sp³-hybridized carbons (Fsp3) is 0.286. The third kappa shape index (κ3) is 4.74. The Bertz CT molecular complexity index is 993. The van der Waals surface area contributed by atoms with Gasteiger partial charge in [-0.25, -0.2) is 4.99 Å². The lowest BCUT2D eigenvalue weighted by Gasteiger charge is -2.12. The van der Waals surface area contributed by atoms with Crippen LogP contribution in [0.2, 0.25) is 5.02 Å². The number of amides is 2. The lowest BCUT2D eigenvalue weighted by Crippen LogP contribution is -2.30. The summed E-state index contributed by atoms with van der Waals surface area (Å²) in [5, 5.41) is 3.39. The van der Waals surface area contributed by atoms with Crippen molar-refractivity contribution >= 4 is 51.7 Å². The maximum absolute atomic E-state index is 12.6. The molecule has 2 amide bonds. The van der Waals surface area contributed by atoms with E-state index in [1.807, 2.05) is 32.0 Å². The number of thioether (sulfide) groups is 1. The largest absolute Gasteiger partial charge is 0.494 e. The summed E-state index contributed by atoms with van der Waals surface area (Å²) >= 11 is 7.32. The Morgan fingerprint density at radius 3 is 2.79 bits per heavy atom. The van der Waals surface area contributed by atoms with Crippen LogP contribution in [0, 0.1) is 13.8 Å². The van der Waals surface area contributed by atoms with E-state index in [9.17, 15) is 9.59 Å². The topological polar surface area (TPSA) is 71.0 Å². The molecule has 0 unspecified atom stereocenters. The average molecular weight is 432 g/mol. The van der Waals surface area contributed by atoms with E-state index in [0.29, 0.717) is 21.6 Å². The van der Waals surface area contributed by atoms with Gasteiger partial charge in [0.1, 0.15) is 16.7 Å². The van der Waals surface area contributed by atoms with Gasteiger partial charge in [-0.15, -0.1) is 0 Å². The van der Waals surface area contributed by atoms with Crippen molar-refractivity contribution < 1.29 is 14.3 Å². The molecule has 2 aromatic carbocycles. The molecule has 0 saturated carbocycles. The standard InChI is InChI=1S/C21H22ClN3O3S/c1-12-6-5-7-15(13(12)2)23-19(26)11-18-20(27)25(3)21(29-18)24-16-10-14(22)8-9-17(16)28-4/h5-10,18H,11H2,1-4H3,(H,23,26)/t18-/m0/s1. The first kappa shape index (κ1) is 21.2. The lowest BCUT2D eigenvalue weighted by molar-refractivity contribution is -0.127. The van der Waals surface area contributed by atoms with Crippen LogP contribution in [0.25, 0.3) is 0 Å². The predicted octanol–water partition coefficient (Wildman–Crippen LogP) is 4.56. The highest BCUT2D eigenvalue weighted by Gasteiger charge is 2.37. The van der Waals surface area contributed by atoms with Crippen molar-refractivity contribution in [3.63, 3.8) is 0 Å². The molecule has 8 heteroatoms. The van der Waals surface area contributed by atoms with Crippen LogP contribution >= 0.6 is 23.4 Å². The summed E-state index contributed by atoms with van der Waals surface area (Å²) in [6.45, 7) is 3.94. The quantitative estimate of drug-likeness (QED) is 0.753. The number of hydrogen-bond acceptors (Lipinski definition) is 5. The number of halogens is 1. The molecule has 2 aromatic rings. The van der Waals surface area contributed by atoms with E-state index in [2.05, 4.69) is 10.3 Å². The number of carbonyl (C=O) groups is 2. The molecule has 1 aliphatic heterocycles. The first-order valence-corrected chi connectivity index (χ1v) is 10.3. The molecular formula is C21H22ClN3O3S. The van der Waals surface area contributed by atoms with Gasteiger partial charge in [0.25, 0.3) is 0 Å². The zero-order valence-corrected chi connectivity index (χ0v) is 18.2. The molecule has 0 aromatic heterocycles. The molecule has 1 aliphatic rings. The molecule has 29 heavy (non-hydrogen) atoms. The van der Waals surface area contributed by atoms with Crippen LogP contribution < -0.4 is 10.1 Å². The van der Waals surface area contributed by atoms with Crippen molar-refractivity contribution in [1.29, 1.82) is 0 Å². The average Bonchev–Trinajstić information content (AvgIpc) is 2.93. The number of aliphatic imine (C=N–C) groups is 1. The van der Waals surface area contributed by atoms with Crippen molar-refractivity contribution in [1.82, 2.24) is 4.90 Å². The van der Waals surface area contributed by atoms with Crippen molar-refractivity contribution in [2.45, 2.75) is 25.5 Å². The number of ether oxygens (including phenoxy) is 1. The van der Waals surface area contributed by atoms with Gasteiger partial charge in [-0.05, 0) is 49.2 Å². The molecule has 1 fully saturated rings. The molecular weight excluding hydrogens is 410 g/mol. The van der Waals surface area contributed by atoms with Gasteiger partial charge in [-0.2, -0.15) is 0 Å². The van der Waals surface area contributed by atoms with Crippen LogP contribution in [-0.2, 0) is 9.59 Å². The Morgan fingerprint density at radius 1 is 1.31 bits per heavy atom. The molecule has 0 bridgehead atoms. The van der Waals surface area contributed by atoms with E-state index in [-0.39, 0.29) is 18.2 Å². The summed E-state index contributed by atoms with van der Waals surface area (Å²) in [6, 6.07) is 10.8. The summed E-state index contributed by atoms with van der Waals surface area (Å²) in [5.41, 5.74) is 3.40. The summed E-state index contributed by atoms with van der Waals surface area (Å²) in [7, 11) is 3.19. The summed E-state index contributed by atoms with van der Waals surface area (Å²) in [5.74, 6) is 0.185. The molecule has 0 radical (unpaired) electrons. The number of rotatable bonds is 5. The van der Waals surface area contributed by atoms with Gasteiger partial charge in [-0.3, -0.25) is 14.5 Å². The number of aryl methyl sites for hydroxylation is 1. The molecule has 0 spiro atoms. The molecule has 1 atom stereocenters. The molecule has 152 valence electrons.